The van der Waals surface area contributed by atoms with E-state index in [1.807, 2.05) is 36.5 Å². The molecule has 2 heteroatoms. The van der Waals surface area contributed by atoms with Crippen LogP contribution in [0.3, 0.4) is 0 Å². The smallest absolute Gasteiger partial charge is 0.0582 e. The summed E-state index contributed by atoms with van der Waals surface area (Å²) in [7, 11) is 0. The van der Waals surface area contributed by atoms with E-state index >= 15 is 0 Å². The molecular weight excluding hydrogens is 214 g/mol. The Morgan fingerprint density at radius 2 is 2.44 bits per heavy atom. The van der Waals surface area contributed by atoms with Crippen molar-refractivity contribution in [1.29, 1.82) is 0 Å². The van der Waals surface area contributed by atoms with Crippen LogP contribution in [0.4, 0.5) is 0 Å². The van der Waals surface area contributed by atoms with E-state index in [1.54, 1.807) is 0 Å². The van der Waals surface area contributed by atoms with Gasteiger partial charge in [0.15, 0.2) is 0 Å². The van der Waals surface area contributed by atoms with Gasteiger partial charge in [0.2, 0.25) is 0 Å². The van der Waals surface area contributed by atoms with Crippen LogP contribution in [0.25, 0.3) is 0 Å². The zero-order valence-corrected chi connectivity index (χ0v) is 10.4. The highest BCUT2D eigenvalue weighted by Gasteiger charge is 2.21. The van der Waals surface area contributed by atoms with Gasteiger partial charge >= 0.3 is 0 Å². The van der Waals surface area contributed by atoms with Crippen molar-refractivity contribution in [3.63, 3.8) is 0 Å². The zero-order chi connectivity index (χ0) is 11.4. The molecule has 1 atom stereocenters. The number of fused-ring (bicyclic) bond motifs is 1. The topological polar surface area (TPSA) is 12.0 Å². The van der Waals surface area contributed by atoms with Crippen LogP contribution in [0.15, 0.2) is 47.9 Å². The van der Waals surface area contributed by atoms with Crippen molar-refractivity contribution < 1.29 is 0 Å². The predicted octanol–water partition coefficient (Wildman–Crippen LogP) is 3.62. The molecule has 0 aromatic carbocycles. The summed E-state index contributed by atoms with van der Waals surface area (Å²) in [6.45, 7) is 7.22. The van der Waals surface area contributed by atoms with E-state index in [2.05, 4.69) is 29.4 Å². The maximum Gasteiger partial charge on any atom is 0.0582 e. The lowest BCUT2D eigenvalue weighted by Crippen LogP contribution is -2.29. The summed E-state index contributed by atoms with van der Waals surface area (Å²) in [6, 6.07) is 2.52. The lowest BCUT2D eigenvalue weighted by molar-refractivity contribution is 0.575. The monoisotopic (exact) mass is 231 g/mol. The van der Waals surface area contributed by atoms with E-state index in [1.165, 1.54) is 10.4 Å². The molecule has 2 rings (SSSR count). The predicted molar refractivity (Wildman–Crippen MR) is 71.9 cm³/mol. The first-order valence-electron chi connectivity index (χ1n) is 5.60. The van der Waals surface area contributed by atoms with Crippen molar-refractivity contribution in [3.8, 4) is 0 Å². The molecule has 0 amide bonds. The van der Waals surface area contributed by atoms with Crippen LogP contribution in [-0.4, -0.2) is 6.54 Å². The van der Waals surface area contributed by atoms with Gasteiger partial charge in [-0.1, -0.05) is 30.9 Å². The zero-order valence-electron chi connectivity index (χ0n) is 9.57. The summed E-state index contributed by atoms with van der Waals surface area (Å²) in [4.78, 5) is 1.50. The summed E-state index contributed by atoms with van der Waals surface area (Å²) in [5.74, 6) is 0. The highest BCUT2D eigenvalue weighted by molar-refractivity contribution is 7.10. The van der Waals surface area contributed by atoms with Gasteiger partial charge in [0.05, 0.1) is 6.04 Å². The molecular formula is C14H17NS. The molecule has 1 aliphatic rings. The minimum Gasteiger partial charge on any atom is -0.306 e. The maximum atomic E-state index is 4.15. The Balaban J connectivity index is 2.15. The van der Waals surface area contributed by atoms with Gasteiger partial charge < -0.3 is 5.32 Å². The number of allylic oxidation sites excluding steroid dienone is 3. The molecule has 0 fully saturated rings. The van der Waals surface area contributed by atoms with Gasteiger partial charge in [0.25, 0.3) is 0 Å². The lowest BCUT2D eigenvalue weighted by Gasteiger charge is -2.24. The second-order valence-electron chi connectivity index (χ2n) is 3.90. The fourth-order valence-electron chi connectivity index (χ4n) is 1.97. The van der Waals surface area contributed by atoms with Gasteiger partial charge in [-0.3, -0.25) is 0 Å². The molecule has 0 aliphatic carbocycles. The van der Waals surface area contributed by atoms with Crippen molar-refractivity contribution in [1.82, 2.24) is 5.32 Å². The van der Waals surface area contributed by atoms with Crippen LogP contribution in [0.1, 0.15) is 23.4 Å². The Kier molecular flexibility index (Phi) is 3.75. The molecule has 0 saturated carbocycles. The Bertz CT molecular complexity index is 426. The minimum atomic E-state index is 0.302. The van der Waals surface area contributed by atoms with E-state index < -0.39 is 0 Å². The van der Waals surface area contributed by atoms with Crippen molar-refractivity contribution in [2.75, 3.05) is 6.54 Å². The average molecular weight is 231 g/mol. The summed E-state index contributed by atoms with van der Waals surface area (Å²) in [5, 5.41) is 5.69. The van der Waals surface area contributed by atoms with Gasteiger partial charge in [0, 0.05) is 11.4 Å². The first-order valence-corrected chi connectivity index (χ1v) is 6.48. The second kappa shape index (κ2) is 5.28. The van der Waals surface area contributed by atoms with Gasteiger partial charge in [0.1, 0.15) is 0 Å². The van der Waals surface area contributed by atoms with Gasteiger partial charge in [-0.05, 0) is 35.9 Å². The average Bonchev–Trinajstić information content (AvgIpc) is 2.76. The van der Waals surface area contributed by atoms with Crippen molar-refractivity contribution in [3.05, 3.63) is 58.3 Å². The Hall–Kier alpha value is -1.12. The quantitative estimate of drug-likeness (QED) is 0.783. The normalized spacial score (nSPS) is 20.4. The molecule has 0 spiro atoms. The summed E-state index contributed by atoms with van der Waals surface area (Å²) >= 11 is 1.86. The van der Waals surface area contributed by atoms with E-state index in [4.69, 9.17) is 0 Å². The molecule has 0 unspecified atom stereocenters. The number of rotatable bonds is 3. The first kappa shape index (κ1) is 11.4. The van der Waals surface area contributed by atoms with Crippen LogP contribution in [0, 0.1) is 0 Å². The fraction of sp³-hybridized carbons (Fsp3) is 0.286. The van der Waals surface area contributed by atoms with E-state index in [0.717, 1.165) is 18.5 Å². The number of hydrogen-bond donors (Lipinski definition) is 1. The second-order valence-corrected chi connectivity index (χ2v) is 4.90. The van der Waals surface area contributed by atoms with Gasteiger partial charge in [-0.2, -0.15) is 0 Å². The molecule has 1 aromatic heterocycles. The highest BCUT2D eigenvalue weighted by Crippen LogP contribution is 2.31. The number of hydrogen-bond acceptors (Lipinski definition) is 2. The summed E-state index contributed by atoms with van der Waals surface area (Å²) < 4.78 is 0. The van der Waals surface area contributed by atoms with E-state index in [-0.39, 0.29) is 0 Å². The summed E-state index contributed by atoms with van der Waals surface area (Å²) in [5.41, 5.74) is 2.55. The highest BCUT2D eigenvalue weighted by atomic mass is 32.1. The van der Waals surface area contributed by atoms with E-state index in [0.29, 0.717) is 6.04 Å². The third kappa shape index (κ3) is 2.34. The third-order valence-corrected chi connectivity index (χ3v) is 3.77. The standard InChI is InChI=1S/C14H17NS/c1-3-4-5-6-11(2)14-12-8-10-16-13(12)7-9-15-14/h3-6,8,10,14-15H,2,7,9H2,1H3/b4-3-,6-5-/t14-/m1/s1. The van der Waals surface area contributed by atoms with Gasteiger partial charge in [-0.15, -0.1) is 11.3 Å². The molecule has 0 saturated heterocycles. The SMILES string of the molecule is C=C(/C=C\C=C/C)[C@H]1NCCc2sccc21. The molecule has 1 aliphatic heterocycles. The minimum absolute atomic E-state index is 0.302. The van der Waals surface area contributed by atoms with Crippen molar-refractivity contribution in [2.24, 2.45) is 0 Å². The summed E-state index contributed by atoms with van der Waals surface area (Å²) in [6.07, 6.45) is 9.33. The largest absolute Gasteiger partial charge is 0.306 e. The van der Waals surface area contributed by atoms with Crippen LogP contribution < -0.4 is 5.32 Å². The van der Waals surface area contributed by atoms with E-state index in [9.17, 15) is 0 Å². The molecule has 0 bridgehead atoms. The first-order chi connectivity index (χ1) is 7.83. The molecule has 1 aromatic rings. The maximum absolute atomic E-state index is 4.15. The number of thiophene rings is 1. The van der Waals surface area contributed by atoms with Crippen molar-refractivity contribution in [2.45, 2.75) is 19.4 Å². The molecule has 1 N–H and O–H groups in total. The number of nitrogens with one attached hydrogen (secondary N) is 1. The fourth-order valence-corrected chi connectivity index (χ4v) is 2.89. The molecule has 2 heterocycles. The molecule has 84 valence electrons. The van der Waals surface area contributed by atoms with Gasteiger partial charge in [-0.25, -0.2) is 0 Å². The third-order valence-electron chi connectivity index (χ3n) is 2.78. The van der Waals surface area contributed by atoms with Crippen LogP contribution in [0.5, 0.6) is 0 Å². The molecule has 0 radical (unpaired) electrons. The van der Waals surface area contributed by atoms with Crippen LogP contribution in [-0.2, 0) is 6.42 Å². The Morgan fingerprint density at radius 3 is 3.25 bits per heavy atom. The molecule has 1 nitrogen and oxygen atoms in total. The Morgan fingerprint density at radius 1 is 1.56 bits per heavy atom. The van der Waals surface area contributed by atoms with Crippen LogP contribution >= 0.6 is 11.3 Å². The molecule has 16 heavy (non-hydrogen) atoms. The van der Waals surface area contributed by atoms with Crippen LogP contribution in [0.2, 0.25) is 0 Å². The lowest BCUT2D eigenvalue weighted by atomic mass is 9.96. The van der Waals surface area contributed by atoms with Crippen molar-refractivity contribution >= 4 is 11.3 Å². The Labute approximate surface area is 101 Å².